The Balaban J connectivity index is 2.67. The summed E-state index contributed by atoms with van der Waals surface area (Å²) in [7, 11) is 0. The van der Waals surface area contributed by atoms with E-state index in [0.29, 0.717) is 16.8 Å². The van der Waals surface area contributed by atoms with Crippen LogP contribution in [0.3, 0.4) is 0 Å². The molecule has 2 aromatic rings. The van der Waals surface area contributed by atoms with Gasteiger partial charge in [-0.1, -0.05) is 6.07 Å². The summed E-state index contributed by atoms with van der Waals surface area (Å²) in [4.78, 5) is 7.88. The molecule has 2 N–H and O–H groups in total. The highest BCUT2D eigenvalue weighted by Gasteiger charge is 2.11. The number of nitriles is 2. The van der Waals surface area contributed by atoms with E-state index in [1.807, 2.05) is 13.0 Å². The van der Waals surface area contributed by atoms with Crippen LogP contribution in [0.5, 0.6) is 0 Å². The lowest BCUT2D eigenvalue weighted by atomic mass is 10.0. The third kappa shape index (κ3) is 1.98. The van der Waals surface area contributed by atoms with E-state index in [1.165, 1.54) is 6.20 Å². The van der Waals surface area contributed by atoms with Crippen molar-refractivity contribution < 1.29 is 0 Å². The minimum atomic E-state index is 0.118. The molecule has 0 fully saturated rings. The van der Waals surface area contributed by atoms with Crippen LogP contribution in [-0.2, 0) is 0 Å². The van der Waals surface area contributed by atoms with Crippen molar-refractivity contribution in [3.8, 4) is 23.4 Å². The third-order valence-electron chi connectivity index (χ3n) is 2.54. The normalized spacial score (nSPS) is 9.50. The van der Waals surface area contributed by atoms with Crippen molar-refractivity contribution >= 4 is 5.95 Å². The van der Waals surface area contributed by atoms with E-state index >= 15 is 0 Å². The van der Waals surface area contributed by atoms with Crippen molar-refractivity contribution in [1.82, 2.24) is 9.97 Å². The van der Waals surface area contributed by atoms with Crippen molar-refractivity contribution in [2.24, 2.45) is 0 Å². The van der Waals surface area contributed by atoms with Crippen LogP contribution in [0.1, 0.15) is 16.7 Å². The van der Waals surface area contributed by atoms with Gasteiger partial charge in [-0.2, -0.15) is 10.5 Å². The lowest BCUT2D eigenvalue weighted by Gasteiger charge is -2.07. The molecule has 0 aliphatic rings. The fourth-order valence-electron chi connectivity index (χ4n) is 1.68. The zero-order valence-corrected chi connectivity index (χ0v) is 9.68. The Bertz CT molecular complexity index is 692. The Morgan fingerprint density at radius 3 is 2.61 bits per heavy atom. The van der Waals surface area contributed by atoms with Crippen molar-refractivity contribution in [3.63, 3.8) is 0 Å². The van der Waals surface area contributed by atoms with Crippen LogP contribution in [-0.4, -0.2) is 9.97 Å². The minimum absolute atomic E-state index is 0.118. The van der Waals surface area contributed by atoms with E-state index < -0.39 is 0 Å². The molecule has 0 atom stereocenters. The number of nitrogens with two attached hydrogens (primary N) is 1. The zero-order valence-electron chi connectivity index (χ0n) is 9.68. The summed E-state index contributed by atoms with van der Waals surface area (Å²) in [6.45, 7) is 1.86. The molecule has 86 valence electrons. The monoisotopic (exact) mass is 235 g/mol. The summed E-state index contributed by atoms with van der Waals surface area (Å²) in [5, 5.41) is 17.9. The maximum Gasteiger partial charge on any atom is 0.220 e. The van der Waals surface area contributed by atoms with Gasteiger partial charge in [0.2, 0.25) is 5.95 Å². The van der Waals surface area contributed by atoms with E-state index in [0.717, 1.165) is 11.1 Å². The van der Waals surface area contributed by atoms with Gasteiger partial charge in [0.15, 0.2) is 0 Å². The fraction of sp³-hybridized carbons (Fsp3) is 0.0769. The standard InChI is InChI=1S/C13H9N5/c1-8-4-9(5-14)2-3-11(8)12-10(6-15)7-17-13(16)18-12/h2-4,7H,1H3,(H2,16,17,18). The number of hydrogen-bond donors (Lipinski definition) is 1. The summed E-state index contributed by atoms with van der Waals surface area (Å²) in [6, 6.07) is 9.28. The number of aryl methyl sites for hydroxylation is 1. The number of hydrogen-bond acceptors (Lipinski definition) is 5. The fourth-order valence-corrected chi connectivity index (χ4v) is 1.68. The Morgan fingerprint density at radius 1 is 1.22 bits per heavy atom. The summed E-state index contributed by atoms with van der Waals surface area (Å²) in [5.41, 5.74) is 8.60. The third-order valence-corrected chi connectivity index (χ3v) is 2.54. The number of nitrogens with zero attached hydrogens (tertiary/aromatic N) is 4. The topological polar surface area (TPSA) is 99.4 Å². The molecule has 0 aliphatic heterocycles. The zero-order chi connectivity index (χ0) is 13.1. The minimum Gasteiger partial charge on any atom is -0.368 e. The molecule has 0 spiro atoms. The number of nitrogen functional groups attached to an aromatic ring is 1. The molecule has 1 heterocycles. The molecule has 1 aromatic heterocycles. The molecule has 1 aromatic carbocycles. The van der Waals surface area contributed by atoms with E-state index in [4.69, 9.17) is 16.3 Å². The summed E-state index contributed by atoms with van der Waals surface area (Å²) >= 11 is 0. The highest BCUT2D eigenvalue weighted by molar-refractivity contribution is 5.70. The number of benzene rings is 1. The average molecular weight is 235 g/mol. The van der Waals surface area contributed by atoms with Gasteiger partial charge in [-0.25, -0.2) is 9.97 Å². The molecule has 0 bridgehead atoms. The molecule has 0 unspecified atom stereocenters. The SMILES string of the molecule is Cc1cc(C#N)ccc1-c1nc(N)ncc1C#N. The molecule has 18 heavy (non-hydrogen) atoms. The summed E-state index contributed by atoms with van der Waals surface area (Å²) < 4.78 is 0. The van der Waals surface area contributed by atoms with Crippen LogP contribution in [0.2, 0.25) is 0 Å². The molecule has 0 saturated heterocycles. The smallest absolute Gasteiger partial charge is 0.220 e. The van der Waals surface area contributed by atoms with Crippen molar-refractivity contribution in [2.45, 2.75) is 6.92 Å². The van der Waals surface area contributed by atoms with Crippen molar-refractivity contribution in [2.75, 3.05) is 5.73 Å². The van der Waals surface area contributed by atoms with E-state index in [-0.39, 0.29) is 5.95 Å². The molecule has 5 heteroatoms. The first-order valence-corrected chi connectivity index (χ1v) is 5.19. The van der Waals surface area contributed by atoms with Crippen LogP contribution in [0, 0.1) is 29.6 Å². The second-order valence-electron chi connectivity index (χ2n) is 3.74. The second kappa shape index (κ2) is 4.52. The van der Waals surface area contributed by atoms with Gasteiger partial charge < -0.3 is 5.73 Å². The molecule has 0 radical (unpaired) electrons. The van der Waals surface area contributed by atoms with E-state index in [1.54, 1.807) is 18.2 Å². The highest BCUT2D eigenvalue weighted by Crippen LogP contribution is 2.25. The van der Waals surface area contributed by atoms with Crippen LogP contribution >= 0.6 is 0 Å². The van der Waals surface area contributed by atoms with Crippen molar-refractivity contribution in [1.29, 1.82) is 10.5 Å². The van der Waals surface area contributed by atoms with Gasteiger partial charge in [0.05, 0.1) is 29.1 Å². The lowest BCUT2D eigenvalue weighted by molar-refractivity contribution is 1.17. The van der Waals surface area contributed by atoms with Crippen LogP contribution in [0.4, 0.5) is 5.95 Å². The number of anilines is 1. The Kier molecular flexibility index (Phi) is 2.90. The number of aromatic nitrogens is 2. The largest absolute Gasteiger partial charge is 0.368 e. The van der Waals surface area contributed by atoms with Gasteiger partial charge in [-0.15, -0.1) is 0 Å². The molecular weight excluding hydrogens is 226 g/mol. The molecular formula is C13H9N5. The first-order chi connectivity index (χ1) is 8.65. The van der Waals surface area contributed by atoms with E-state index in [2.05, 4.69) is 16.0 Å². The molecule has 5 nitrogen and oxygen atoms in total. The van der Waals surface area contributed by atoms with Gasteiger partial charge >= 0.3 is 0 Å². The number of rotatable bonds is 1. The van der Waals surface area contributed by atoms with E-state index in [9.17, 15) is 0 Å². The van der Waals surface area contributed by atoms with Crippen LogP contribution in [0.25, 0.3) is 11.3 Å². The summed E-state index contributed by atoms with van der Waals surface area (Å²) in [6.07, 6.45) is 1.40. The maximum atomic E-state index is 9.04. The predicted octanol–water partition coefficient (Wildman–Crippen LogP) is 1.78. The molecule has 2 rings (SSSR count). The van der Waals surface area contributed by atoms with Crippen LogP contribution < -0.4 is 5.73 Å². The molecule has 0 aliphatic carbocycles. The average Bonchev–Trinajstić information content (AvgIpc) is 2.38. The Morgan fingerprint density at radius 2 is 2.00 bits per heavy atom. The molecule has 0 amide bonds. The summed E-state index contributed by atoms with van der Waals surface area (Å²) in [5.74, 6) is 0.118. The highest BCUT2D eigenvalue weighted by atomic mass is 15.0. The van der Waals surface area contributed by atoms with Crippen LogP contribution in [0.15, 0.2) is 24.4 Å². The van der Waals surface area contributed by atoms with Gasteiger partial charge in [0.25, 0.3) is 0 Å². The predicted molar refractivity (Wildman–Crippen MR) is 66.0 cm³/mol. The van der Waals surface area contributed by atoms with Gasteiger partial charge in [0.1, 0.15) is 6.07 Å². The second-order valence-corrected chi connectivity index (χ2v) is 3.74. The van der Waals surface area contributed by atoms with Crippen molar-refractivity contribution in [3.05, 3.63) is 41.1 Å². The quantitative estimate of drug-likeness (QED) is 0.812. The first-order valence-electron chi connectivity index (χ1n) is 5.19. The Hall–Kier alpha value is -2.92. The first kappa shape index (κ1) is 11.6. The van der Waals surface area contributed by atoms with Gasteiger partial charge in [0, 0.05) is 5.56 Å². The maximum absolute atomic E-state index is 9.04. The Labute approximate surface area is 104 Å². The molecule has 0 saturated carbocycles. The van der Waals surface area contributed by atoms with Gasteiger partial charge in [-0.05, 0) is 24.6 Å². The van der Waals surface area contributed by atoms with Gasteiger partial charge in [-0.3, -0.25) is 0 Å². The lowest BCUT2D eigenvalue weighted by Crippen LogP contribution is -1.99.